The van der Waals surface area contributed by atoms with Crippen molar-refractivity contribution in [2.24, 2.45) is 0 Å². The van der Waals surface area contributed by atoms with E-state index < -0.39 is 0 Å². The van der Waals surface area contributed by atoms with Crippen LogP contribution in [0.15, 0.2) is 134 Å². The predicted octanol–water partition coefficient (Wildman–Crippen LogP) is 10.5. The first kappa shape index (κ1) is 24.9. The standard InChI is InChI=1S/C38H35N/c1-5-29(6-2)39(31-24-25-37-35(26-31)34-18-12-13-19-36(34)38(37,3)4)30-22-20-28(21-23-30)33-17-11-10-16-32(33)27-14-8-7-9-15-27/h5-9,12-26H,1,10-11H2,2-4H3/b29-6+. The summed E-state index contributed by atoms with van der Waals surface area (Å²) in [4.78, 5) is 2.31. The van der Waals surface area contributed by atoms with Crippen molar-refractivity contribution in [3.8, 4) is 11.1 Å². The van der Waals surface area contributed by atoms with E-state index in [1.807, 2.05) is 6.08 Å². The van der Waals surface area contributed by atoms with Gasteiger partial charge in [-0.2, -0.15) is 0 Å². The van der Waals surface area contributed by atoms with Crippen LogP contribution >= 0.6 is 0 Å². The molecule has 0 bridgehead atoms. The van der Waals surface area contributed by atoms with Crippen LogP contribution in [0.5, 0.6) is 0 Å². The lowest BCUT2D eigenvalue weighted by Gasteiger charge is -2.28. The lowest BCUT2D eigenvalue weighted by atomic mass is 9.82. The summed E-state index contributed by atoms with van der Waals surface area (Å²) in [5.41, 5.74) is 13.9. The third-order valence-electron chi connectivity index (χ3n) is 8.26. The smallest absolute Gasteiger partial charge is 0.0467 e. The molecule has 0 amide bonds. The first-order valence-electron chi connectivity index (χ1n) is 13.9. The van der Waals surface area contributed by atoms with Gasteiger partial charge in [0.2, 0.25) is 0 Å². The fourth-order valence-electron chi connectivity index (χ4n) is 6.26. The summed E-state index contributed by atoms with van der Waals surface area (Å²) in [5, 5.41) is 0. The number of benzene rings is 4. The van der Waals surface area contributed by atoms with Crippen LogP contribution in [0.25, 0.3) is 22.3 Å². The highest BCUT2D eigenvalue weighted by Crippen LogP contribution is 2.50. The van der Waals surface area contributed by atoms with Crippen LogP contribution in [0.2, 0.25) is 0 Å². The maximum atomic E-state index is 4.14. The maximum absolute atomic E-state index is 4.14. The average molecular weight is 506 g/mol. The third-order valence-corrected chi connectivity index (χ3v) is 8.26. The summed E-state index contributed by atoms with van der Waals surface area (Å²) in [6.45, 7) is 10.9. The van der Waals surface area contributed by atoms with Crippen LogP contribution in [0.3, 0.4) is 0 Å². The Morgan fingerprint density at radius 1 is 0.692 bits per heavy atom. The molecule has 0 N–H and O–H groups in total. The van der Waals surface area contributed by atoms with E-state index in [0.717, 1.165) is 29.9 Å². The molecule has 0 aliphatic heterocycles. The van der Waals surface area contributed by atoms with Crippen LogP contribution in [0.1, 0.15) is 55.9 Å². The Balaban J connectivity index is 1.40. The second kappa shape index (κ2) is 10.1. The number of anilines is 2. The zero-order valence-electron chi connectivity index (χ0n) is 23.1. The first-order valence-corrected chi connectivity index (χ1v) is 13.9. The van der Waals surface area contributed by atoms with Crippen molar-refractivity contribution in [2.45, 2.75) is 39.0 Å². The van der Waals surface area contributed by atoms with Crippen LogP contribution in [-0.4, -0.2) is 0 Å². The van der Waals surface area contributed by atoms with E-state index in [2.05, 4.69) is 148 Å². The van der Waals surface area contributed by atoms with E-state index in [0.29, 0.717) is 0 Å². The Morgan fingerprint density at radius 3 is 1.95 bits per heavy atom. The first-order chi connectivity index (χ1) is 19.0. The van der Waals surface area contributed by atoms with E-state index in [1.54, 1.807) is 0 Å². The van der Waals surface area contributed by atoms with Gasteiger partial charge in [0, 0.05) is 22.5 Å². The molecule has 0 saturated carbocycles. The molecule has 0 unspecified atom stereocenters. The highest BCUT2D eigenvalue weighted by Gasteiger charge is 2.35. The average Bonchev–Trinajstić information content (AvgIpc) is 3.22. The summed E-state index contributed by atoms with van der Waals surface area (Å²) in [5.74, 6) is 0. The van der Waals surface area contributed by atoms with Crippen LogP contribution in [0.4, 0.5) is 11.4 Å². The number of hydrogen-bond acceptors (Lipinski definition) is 1. The summed E-state index contributed by atoms with van der Waals surface area (Å²) in [7, 11) is 0. The van der Waals surface area contributed by atoms with E-state index in [-0.39, 0.29) is 5.41 Å². The Kier molecular flexibility index (Phi) is 6.45. The van der Waals surface area contributed by atoms with Crippen LogP contribution in [0, 0.1) is 0 Å². The van der Waals surface area contributed by atoms with Crippen molar-refractivity contribution < 1.29 is 0 Å². The lowest BCUT2D eigenvalue weighted by molar-refractivity contribution is 0.660. The summed E-state index contributed by atoms with van der Waals surface area (Å²) < 4.78 is 0. The molecule has 4 aromatic carbocycles. The van der Waals surface area contributed by atoms with Gasteiger partial charge in [-0.1, -0.05) is 111 Å². The molecule has 4 aromatic rings. The molecule has 39 heavy (non-hydrogen) atoms. The van der Waals surface area contributed by atoms with Gasteiger partial charge in [0.15, 0.2) is 0 Å². The zero-order valence-corrected chi connectivity index (χ0v) is 23.1. The molecule has 0 radical (unpaired) electrons. The molecule has 0 spiro atoms. The number of rotatable bonds is 6. The van der Waals surface area contributed by atoms with Crippen molar-refractivity contribution in [3.63, 3.8) is 0 Å². The van der Waals surface area contributed by atoms with E-state index in [9.17, 15) is 0 Å². The Bertz CT molecular complexity index is 1630. The minimum atomic E-state index is -0.00348. The number of hydrogen-bond donors (Lipinski definition) is 0. The third kappa shape index (κ3) is 4.29. The number of nitrogens with zero attached hydrogens (tertiary/aromatic N) is 1. The van der Waals surface area contributed by atoms with Gasteiger partial charge >= 0.3 is 0 Å². The minimum absolute atomic E-state index is 0.00348. The summed E-state index contributed by atoms with van der Waals surface area (Å²) in [6, 6.07) is 35.5. The monoisotopic (exact) mass is 505 g/mol. The molecule has 2 aliphatic carbocycles. The molecule has 1 nitrogen and oxygen atoms in total. The molecular weight excluding hydrogens is 470 g/mol. The van der Waals surface area contributed by atoms with E-state index in [1.165, 1.54) is 44.5 Å². The fraction of sp³-hybridized carbons (Fsp3) is 0.158. The molecule has 0 atom stereocenters. The molecule has 1 heteroatoms. The molecule has 0 saturated heterocycles. The summed E-state index contributed by atoms with van der Waals surface area (Å²) in [6.07, 6.45) is 11.0. The SMILES string of the molecule is C=C/C(=C\C)N(c1ccc(C2=CCCC=C2c2ccccc2)cc1)c1ccc2c(c1)-c1ccccc1C2(C)C. The Morgan fingerprint density at radius 2 is 1.28 bits per heavy atom. The largest absolute Gasteiger partial charge is 0.311 e. The molecule has 2 aliphatic rings. The number of fused-ring (bicyclic) bond motifs is 3. The normalized spacial score (nSPS) is 15.6. The minimum Gasteiger partial charge on any atom is -0.311 e. The molecule has 0 fully saturated rings. The van der Waals surface area contributed by atoms with Crippen molar-refractivity contribution in [1.29, 1.82) is 0 Å². The second-order valence-electron chi connectivity index (χ2n) is 10.9. The van der Waals surface area contributed by atoms with Gasteiger partial charge in [0.25, 0.3) is 0 Å². The van der Waals surface area contributed by atoms with E-state index >= 15 is 0 Å². The zero-order chi connectivity index (χ0) is 27.0. The van der Waals surface area contributed by atoms with Gasteiger partial charge in [0.1, 0.15) is 0 Å². The Hall–Kier alpha value is -4.36. The molecule has 6 rings (SSSR count). The molecular formula is C38H35N. The molecule has 0 aromatic heterocycles. The molecule has 0 heterocycles. The summed E-state index contributed by atoms with van der Waals surface area (Å²) >= 11 is 0. The maximum Gasteiger partial charge on any atom is 0.0467 e. The van der Waals surface area contributed by atoms with Crippen molar-refractivity contribution in [3.05, 3.63) is 156 Å². The Labute approximate surface area is 233 Å². The topological polar surface area (TPSA) is 3.24 Å². The van der Waals surface area contributed by atoms with Crippen molar-refractivity contribution >= 4 is 22.5 Å². The van der Waals surface area contributed by atoms with Gasteiger partial charge < -0.3 is 4.90 Å². The number of allylic oxidation sites excluding steroid dienone is 6. The highest BCUT2D eigenvalue weighted by molar-refractivity contribution is 6.05. The second-order valence-corrected chi connectivity index (χ2v) is 10.9. The van der Waals surface area contributed by atoms with Gasteiger partial charge in [-0.25, -0.2) is 0 Å². The van der Waals surface area contributed by atoms with Gasteiger partial charge in [-0.15, -0.1) is 0 Å². The van der Waals surface area contributed by atoms with Gasteiger partial charge in [-0.3, -0.25) is 0 Å². The van der Waals surface area contributed by atoms with Crippen LogP contribution < -0.4 is 4.90 Å². The van der Waals surface area contributed by atoms with Gasteiger partial charge in [0.05, 0.1) is 0 Å². The van der Waals surface area contributed by atoms with Crippen LogP contribution in [-0.2, 0) is 5.41 Å². The highest BCUT2D eigenvalue weighted by atomic mass is 15.1. The lowest BCUT2D eigenvalue weighted by Crippen LogP contribution is -2.17. The molecule has 192 valence electrons. The van der Waals surface area contributed by atoms with E-state index in [4.69, 9.17) is 0 Å². The van der Waals surface area contributed by atoms with Gasteiger partial charge in [-0.05, 0) is 94.6 Å². The van der Waals surface area contributed by atoms with Crippen molar-refractivity contribution in [2.75, 3.05) is 4.90 Å². The van der Waals surface area contributed by atoms with Crippen molar-refractivity contribution in [1.82, 2.24) is 0 Å². The fourth-order valence-corrected chi connectivity index (χ4v) is 6.26. The quantitative estimate of drug-likeness (QED) is 0.236. The predicted molar refractivity (Wildman–Crippen MR) is 168 cm³/mol.